The molecule has 0 saturated carbocycles. The minimum absolute atomic E-state index is 0.203. The predicted octanol–water partition coefficient (Wildman–Crippen LogP) is 3.36. The van der Waals surface area contributed by atoms with Crippen LogP contribution in [0.1, 0.15) is 0 Å². The predicted molar refractivity (Wildman–Crippen MR) is 108 cm³/mol. The van der Waals surface area contributed by atoms with Crippen molar-refractivity contribution in [3.63, 3.8) is 0 Å². The molecule has 2 aromatic carbocycles. The summed E-state index contributed by atoms with van der Waals surface area (Å²) in [6, 6.07) is 13.4. The maximum atomic E-state index is 12.4. The second-order valence-corrected chi connectivity index (χ2v) is 8.10. The zero-order valence-electron chi connectivity index (χ0n) is 14.2. The van der Waals surface area contributed by atoms with E-state index in [1.807, 2.05) is 6.07 Å². The first-order valence-corrected chi connectivity index (χ1v) is 9.18. The molecule has 0 radical (unpaired) electrons. The summed E-state index contributed by atoms with van der Waals surface area (Å²) < 4.78 is 3.24. The summed E-state index contributed by atoms with van der Waals surface area (Å²) in [5, 5.41) is 5.14. The SMILES string of the molecule is O=C(CN1C(=O)COc2ccc(NC(=O)C(Cl)(Cl)Cl)cc21)Nc1ccccc1. The lowest BCUT2D eigenvalue weighted by molar-refractivity contribution is -0.123. The molecular formula is C18H14Cl3N3O4. The van der Waals surface area contributed by atoms with E-state index in [0.717, 1.165) is 0 Å². The van der Waals surface area contributed by atoms with E-state index in [9.17, 15) is 14.4 Å². The lowest BCUT2D eigenvalue weighted by Crippen LogP contribution is -2.43. The molecule has 0 bridgehead atoms. The van der Waals surface area contributed by atoms with Crippen molar-refractivity contribution >= 4 is 69.6 Å². The van der Waals surface area contributed by atoms with Gasteiger partial charge in [0.2, 0.25) is 5.91 Å². The van der Waals surface area contributed by atoms with E-state index in [2.05, 4.69) is 10.6 Å². The quantitative estimate of drug-likeness (QED) is 0.711. The Kier molecular flexibility index (Phi) is 5.98. The maximum Gasteiger partial charge on any atom is 0.276 e. The second kappa shape index (κ2) is 8.26. The fourth-order valence-electron chi connectivity index (χ4n) is 2.52. The van der Waals surface area contributed by atoms with Crippen LogP contribution in [0.25, 0.3) is 0 Å². The fourth-order valence-corrected chi connectivity index (χ4v) is 2.66. The number of halogens is 3. The smallest absolute Gasteiger partial charge is 0.276 e. The molecular weight excluding hydrogens is 429 g/mol. The van der Waals surface area contributed by atoms with Crippen LogP contribution in [0.5, 0.6) is 5.75 Å². The van der Waals surface area contributed by atoms with Gasteiger partial charge in [0.25, 0.3) is 15.6 Å². The first-order chi connectivity index (χ1) is 13.2. The Morgan fingerprint density at radius 3 is 2.43 bits per heavy atom. The largest absolute Gasteiger partial charge is 0.482 e. The van der Waals surface area contributed by atoms with Crippen molar-refractivity contribution in [1.29, 1.82) is 0 Å². The van der Waals surface area contributed by atoms with E-state index < -0.39 is 15.6 Å². The van der Waals surface area contributed by atoms with Crippen molar-refractivity contribution < 1.29 is 19.1 Å². The number of carbonyl (C=O) groups is 3. The van der Waals surface area contributed by atoms with E-state index >= 15 is 0 Å². The highest BCUT2D eigenvalue weighted by molar-refractivity contribution is 6.76. The number of fused-ring (bicyclic) bond motifs is 1. The van der Waals surface area contributed by atoms with Crippen LogP contribution in [0.2, 0.25) is 0 Å². The minimum atomic E-state index is -2.14. The van der Waals surface area contributed by atoms with Crippen molar-refractivity contribution in [2.75, 3.05) is 28.7 Å². The molecule has 0 atom stereocenters. The molecule has 1 aliphatic rings. The molecule has 10 heteroatoms. The number of ether oxygens (including phenoxy) is 1. The number of hydrogen-bond acceptors (Lipinski definition) is 4. The van der Waals surface area contributed by atoms with Gasteiger partial charge in [0, 0.05) is 11.4 Å². The first kappa shape index (κ1) is 20.3. The zero-order valence-corrected chi connectivity index (χ0v) is 16.5. The van der Waals surface area contributed by atoms with E-state index in [-0.39, 0.29) is 24.7 Å². The molecule has 0 saturated heterocycles. The highest BCUT2D eigenvalue weighted by atomic mass is 35.6. The first-order valence-electron chi connectivity index (χ1n) is 8.04. The molecule has 7 nitrogen and oxygen atoms in total. The molecule has 0 aromatic heterocycles. The average Bonchev–Trinajstić information content (AvgIpc) is 2.64. The number of para-hydroxylation sites is 1. The number of amides is 3. The number of nitrogens with zero attached hydrogens (tertiary/aromatic N) is 1. The molecule has 2 aromatic rings. The number of carbonyl (C=O) groups excluding carboxylic acids is 3. The molecule has 0 spiro atoms. The second-order valence-electron chi connectivity index (χ2n) is 5.82. The number of anilines is 3. The molecule has 0 fully saturated rings. The van der Waals surface area contributed by atoms with Crippen molar-refractivity contribution in [1.82, 2.24) is 0 Å². The average molecular weight is 443 g/mol. The minimum Gasteiger partial charge on any atom is -0.482 e. The van der Waals surface area contributed by atoms with Gasteiger partial charge in [-0.15, -0.1) is 0 Å². The third-order valence-corrected chi connectivity index (χ3v) is 4.29. The van der Waals surface area contributed by atoms with Gasteiger partial charge in [0.05, 0.1) is 5.69 Å². The van der Waals surface area contributed by atoms with Gasteiger partial charge in [-0.1, -0.05) is 53.0 Å². The Balaban J connectivity index is 1.80. The van der Waals surface area contributed by atoms with Gasteiger partial charge in [-0.2, -0.15) is 0 Å². The van der Waals surface area contributed by atoms with Crippen LogP contribution in [0.15, 0.2) is 48.5 Å². The van der Waals surface area contributed by atoms with Gasteiger partial charge in [0.1, 0.15) is 12.3 Å². The molecule has 146 valence electrons. The van der Waals surface area contributed by atoms with Crippen LogP contribution in [-0.2, 0) is 14.4 Å². The van der Waals surface area contributed by atoms with Gasteiger partial charge in [-0.05, 0) is 30.3 Å². The number of rotatable bonds is 4. The van der Waals surface area contributed by atoms with Crippen LogP contribution >= 0.6 is 34.8 Å². The van der Waals surface area contributed by atoms with Crippen LogP contribution in [0, 0.1) is 0 Å². The van der Waals surface area contributed by atoms with Crippen molar-refractivity contribution in [2.45, 2.75) is 3.79 Å². The van der Waals surface area contributed by atoms with Crippen LogP contribution in [0.4, 0.5) is 17.1 Å². The molecule has 3 rings (SSSR count). The molecule has 28 heavy (non-hydrogen) atoms. The fraction of sp³-hybridized carbons (Fsp3) is 0.167. The van der Waals surface area contributed by atoms with E-state index in [4.69, 9.17) is 39.5 Å². The normalized spacial score (nSPS) is 13.4. The van der Waals surface area contributed by atoms with Gasteiger partial charge >= 0.3 is 0 Å². The third-order valence-electron chi connectivity index (χ3n) is 3.78. The summed E-state index contributed by atoms with van der Waals surface area (Å²) in [4.78, 5) is 37.8. The molecule has 1 aliphatic heterocycles. The Bertz CT molecular complexity index is 916. The maximum absolute atomic E-state index is 12.4. The summed E-state index contributed by atoms with van der Waals surface area (Å²) in [5.74, 6) is -1.25. The van der Waals surface area contributed by atoms with Crippen LogP contribution in [-0.4, -0.2) is 34.7 Å². The van der Waals surface area contributed by atoms with Gasteiger partial charge < -0.3 is 15.4 Å². The van der Waals surface area contributed by atoms with E-state index in [1.54, 1.807) is 30.3 Å². The monoisotopic (exact) mass is 441 g/mol. The van der Waals surface area contributed by atoms with Gasteiger partial charge in [0.15, 0.2) is 6.61 Å². The van der Waals surface area contributed by atoms with Gasteiger partial charge in [-0.25, -0.2) is 0 Å². The third kappa shape index (κ3) is 4.86. The Hall–Kier alpha value is -2.48. The lowest BCUT2D eigenvalue weighted by atomic mass is 10.2. The number of benzene rings is 2. The van der Waals surface area contributed by atoms with E-state index in [1.165, 1.54) is 17.0 Å². The van der Waals surface area contributed by atoms with Crippen molar-refractivity contribution in [2.24, 2.45) is 0 Å². The van der Waals surface area contributed by atoms with E-state index in [0.29, 0.717) is 17.1 Å². The molecule has 0 unspecified atom stereocenters. The summed E-state index contributed by atoms with van der Waals surface area (Å²) in [6.07, 6.45) is 0. The van der Waals surface area contributed by atoms with Crippen LogP contribution in [0.3, 0.4) is 0 Å². The molecule has 0 aliphatic carbocycles. The summed E-state index contributed by atoms with van der Waals surface area (Å²) in [5.41, 5.74) is 1.21. The Morgan fingerprint density at radius 1 is 1.04 bits per heavy atom. The number of nitrogens with one attached hydrogen (secondary N) is 2. The lowest BCUT2D eigenvalue weighted by Gasteiger charge is -2.29. The van der Waals surface area contributed by atoms with Crippen molar-refractivity contribution in [3.8, 4) is 5.75 Å². The molecule has 1 heterocycles. The molecule has 2 N–H and O–H groups in total. The molecule has 3 amide bonds. The number of hydrogen-bond donors (Lipinski definition) is 2. The topological polar surface area (TPSA) is 87.7 Å². The highest BCUT2D eigenvalue weighted by Crippen LogP contribution is 2.35. The Labute approximate surface area is 175 Å². The van der Waals surface area contributed by atoms with Gasteiger partial charge in [-0.3, -0.25) is 19.3 Å². The number of alkyl halides is 3. The zero-order chi connectivity index (χ0) is 20.3. The highest BCUT2D eigenvalue weighted by Gasteiger charge is 2.32. The van der Waals surface area contributed by atoms with Crippen molar-refractivity contribution in [3.05, 3.63) is 48.5 Å². The Morgan fingerprint density at radius 2 is 1.75 bits per heavy atom. The summed E-state index contributed by atoms with van der Waals surface area (Å²) >= 11 is 16.7. The standard InChI is InChI=1S/C18H14Cl3N3O4/c19-18(20,21)17(27)23-12-6-7-14-13(8-12)24(16(26)10-28-14)9-15(25)22-11-4-2-1-3-5-11/h1-8H,9-10H2,(H,22,25)(H,23,27). The summed E-state index contributed by atoms with van der Waals surface area (Å²) in [6.45, 7) is -0.433. The van der Waals surface area contributed by atoms with Crippen LogP contribution < -0.4 is 20.3 Å². The summed E-state index contributed by atoms with van der Waals surface area (Å²) in [7, 11) is 0.